The fraction of sp³-hybridized carbons (Fsp3) is 0.415. The second kappa shape index (κ2) is 14.8. The SMILES string of the molecule is Cc1cc(-c2cnc(Nc3cnn(C4CCC(CCN5CCN(c6ccc7c(C8CCC(=O)NC8=O)nn(C)c7c6)CC5)CC4)c3)c3nccn23)c(F)cc1F. The first-order valence-corrected chi connectivity index (χ1v) is 19.6. The van der Waals surface area contributed by atoms with Gasteiger partial charge < -0.3 is 10.2 Å². The highest BCUT2D eigenvalue weighted by atomic mass is 19.1. The predicted octanol–water partition coefficient (Wildman–Crippen LogP) is 6.27. The predicted molar refractivity (Wildman–Crippen MR) is 209 cm³/mol. The molecular weight excluding hydrogens is 717 g/mol. The average molecular weight is 762 g/mol. The molecule has 56 heavy (non-hydrogen) atoms. The van der Waals surface area contributed by atoms with Crippen molar-refractivity contribution in [1.82, 2.24) is 44.1 Å². The second-order valence-corrected chi connectivity index (χ2v) is 15.5. The number of piperidine rings is 1. The lowest BCUT2D eigenvalue weighted by Gasteiger charge is -2.37. The van der Waals surface area contributed by atoms with Crippen molar-refractivity contribution in [3.8, 4) is 11.3 Å². The number of fused-ring (bicyclic) bond motifs is 2. The quantitative estimate of drug-likeness (QED) is 0.164. The number of hydrogen-bond acceptors (Lipinski definition) is 9. The van der Waals surface area contributed by atoms with Crippen LogP contribution in [0.25, 0.3) is 27.8 Å². The first-order valence-electron chi connectivity index (χ1n) is 19.6. The van der Waals surface area contributed by atoms with Crippen molar-refractivity contribution >= 4 is 45.6 Å². The largest absolute Gasteiger partial charge is 0.369 e. The van der Waals surface area contributed by atoms with Crippen LogP contribution < -0.4 is 15.5 Å². The molecule has 1 unspecified atom stereocenters. The Labute approximate surface area is 322 Å². The molecule has 6 aromatic rings. The Morgan fingerprint density at radius 2 is 1.77 bits per heavy atom. The number of piperazine rings is 1. The zero-order valence-corrected chi connectivity index (χ0v) is 31.6. The molecule has 0 spiro atoms. The minimum atomic E-state index is -0.651. The van der Waals surface area contributed by atoms with Crippen LogP contribution in [0, 0.1) is 24.5 Å². The van der Waals surface area contributed by atoms with Gasteiger partial charge in [0.1, 0.15) is 11.6 Å². The molecule has 0 bridgehead atoms. The minimum absolute atomic E-state index is 0.215. The van der Waals surface area contributed by atoms with E-state index in [0.29, 0.717) is 47.5 Å². The number of halogens is 2. The third-order valence-electron chi connectivity index (χ3n) is 12.0. The lowest BCUT2D eigenvalue weighted by molar-refractivity contribution is -0.134. The molecule has 3 aliphatic rings. The van der Waals surface area contributed by atoms with Gasteiger partial charge >= 0.3 is 0 Å². The summed E-state index contributed by atoms with van der Waals surface area (Å²) in [6.07, 6.45) is 15.3. The highest BCUT2D eigenvalue weighted by Crippen LogP contribution is 2.36. The van der Waals surface area contributed by atoms with Crippen LogP contribution in [0.3, 0.4) is 0 Å². The van der Waals surface area contributed by atoms with Gasteiger partial charge in [-0.05, 0) is 87.7 Å². The number of carbonyl (C=O) groups excluding carboxylic acids is 2. The Morgan fingerprint density at radius 1 is 0.946 bits per heavy atom. The van der Waals surface area contributed by atoms with Crippen molar-refractivity contribution in [2.75, 3.05) is 42.9 Å². The molecule has 13 nitrogen and oxygen atoms in total. The molecule has 1 saturated carbocycles. The van der Waals surface area contributed by atoms with Crippen LogP contribution >= 0.6 is 0 Å². The van der Waals surface area contributed by atoms with Crippen molar-refractivity contribution in [1.29, 1.82) is 0 Å². The van der Waals surface area contributed by atoms with Gasteiger partial charge in [-0.2, -0.15) is 10.2 Å². The number of aromatic nitrogens is 7. The molecule has 2 amide bonds. The maximum absolute atomic E-state index is 14.7. The Morgan fingerprint density at radius 3 is 2.57 bits per heavy atom. The first-order chi connectivity index (χ1) is 27.2. The van der Waals surface area contributed by atoms with Crippen molar-refractivity contribution in [3.05, 3.63) is 84.2 Å². The maximum Gasteiger partial charge on any atom is 0.235 e. The number of amides is 2. The standard InChI is InChI=1S/C41H45F2N11O2/c1-25-19-32(34(43)21-33(25)42)36-23-45-39(40-44-12-14-53(36)40)47-27-22-46-54(24-27)28-5-3-26(4-6-28)11-13-51-15-17-52(18-16-51)29-7-8-30-35(20-29)50(2)49-38(30)31-9-10-37(55)48-41(31)56/h7-8,12,14,19-24,26,28,31H,3-6,9-11,13,15-18H2,1-2H3,(H,45,47)(H,48,55,56). The molecule has 2 aromatic carbocycles. The molecule has 4 aromatic heterocycles. The summed E-state index contributed by atoms with van der Waals surface area (Å²) in [4.78, 5) is 38.3. The van der Waals surface area contributed by atoms with Gasteiger partial charge in [0, 0.05) is 80.9 Å². The van der Waals surface area contributed by atoms with Crippen molar-refractivity contribution in [2.45, 2.75) is 63.8 Å². The van der Waals surface area contributed by atoms with E-state index >= 15 is 0 Å². The molecule has 3 fully saturated rings. The summed E-state index contributed by atoms with van der Waals surface area (Å²) in [5, 5.41) is 16.2. The number of aryl methyl sites for hydroxylation is 2. The fourth-order valence-electron chi connectivity index (χ4n) is 8.77. The second-order valence-electron chi connectivity index (χ2n) is 15.5. The van der Waals surface area contributed by atoms with E-state index in [0.717, 1.165) is 73.9 Å². The van der Waals surface area contributed by atoms with E-state index in [4.69, 9.17) is 10.2 Å². The first kappa shape index (κ1) is 36.0. The van der Waals surface area contributed by atoms with Gasteiger partial charge in [0.05, 0.1) is 46.9 Å². The number of rotatable bonds is 9. The molecule has 290 valence electrons. The molecule has 6 heterocycles. The monoisotopic (exact) mass is 761 g/mol. The zero-order chi connectivity index (χ0) is 38.5. The van der Waals surface area contributed by atoms with E-state index in [2.05, 4.69) is 53.3 Å². The van der Waals surface area contributed by atoms with Crippen LogP contribution in [0.15, 0.2) is 61.3 Å². The van der Waals surface area contributed by atoms with Gasteiger partial charge in [0.2, 0.25) is 11.8 Å². The number of anilines is 3. The van der Waals surface area contributed by atoms with Crippen LogP contribution in [-0.4, -0.2) is 83.4 Å². The normalized spacial score (nSPS) is 20.9. The van der Waals surface area contributed by atoms with Crippen LogP contribution in [-0.2, 0) is 16.6 Å². The van der Waals surface area contributed by atoms with E-state index in [1.165, 1.54) is 31.0 Å². The number of carbonyl (C=O) groups is 2. The number of imide groups is 1. The van der Waals surface area contributed by atoms with Gasteiger partial charge in [-0.25, -0.2) is 18.7 Å². The van der Waals surface area contributed by atoms with Crippen molar-refractivity contribution in [2.24, 2.45) is 13.0 Å². The van der Waals surface area contributed by atoms with Crippen LogP contribution in [0.4, 0.5) is 26.0 Å². The van der Waals surface area contributed by atoms with Crippen LogP contribution in [0.2, 0.25) is 0 Å². The Bertz CT molecular complexity index is 2440. The summed E-state index contributed by atoms with van der Waals surface area (Å²) in [6.45, 7) is 6.69. The van der Waals surface area contributed by atoms with E-state index in [9.17, 15) is 18.4 Å². The maximum atomic E-state index is 14.7. The van der Waals surface area contributed by atoms with Gasteiger partial charge in [-0.3, -0.25) is 33.6 Å². The zero-order valence-electron chi connectivity index (χ0n) is 31.6. The van der Waals surface area contributed by atoms with E-state index in [1.54, 1.807) is 36.1 Å². The van der Waals surface area contributed by atoms with E-state index in [1.807, 2.05) is 17.9 Å². The van der Waals surface area contributed by atoms with Crippen molar-refractivity contribution < 1.29 is 18.4 Å². The molecule has 2 aliphatic heterocycles. The summed E-state index contributed by atoms with van der Waals surface area (Å²) in [7, 11) is 1.92. The van der Waals surface area contributed by atoms with E-state index < -0.39 is 17.6 Å². The summed E-state index contributed by atoms with van der Waals surface area (Å²) >= 11 is 0. The topological polar surface area (TPSA) is 131 Å². The third kappa shape index (κ3) is 6.88. The number of benzene rings is 2. The van der Waals surface area contributed by atoms with Crippen molar-refractivity contribution in [3.63, 3.8) is 0 Å². The van der Waals surface area contributed by atoms with Gasteiger partial charge in [0.25, 0.3) is 0 Å². The average Bonchev–Trinajstić information content (AvgIpc) is 3.96. The third-order valence-corrected chi connectivity index (χ3v) is 12.0. The summed E-state index contributed by atoms with van der Waals surface area (Å²) in [5.74, 6) is -0.882. The number of hydrogen-bond donors (Lipinski definition) is 2. The number of nitrogens with one attached hydrogen (secondary N) is 2. The van der Waals surface area contributed by atoms with Gasteiger partial charge in [-0.15, -0.1) is 0 Å². The van der Waals surface area contributed by atoms with Gasteiger partial charge in [0.15, 0.2) is 11.5 Å². The number of nitrogens with zero attached hydrogens (tertiary/aromatic N) is 9. The molecule has 2 N–H and O–H groups in total. The Hall–Kier alpha value is -5.70. The molecule has 9 rings (SSSR count). The van der Waals surface area contributed by atoms with Crippen LogP contribution in [0.5, 0.6) is 0 Å². The fourth-order valence-corrected chi connectivity index (χ4v) is 8.77. The Kier molecular flexibility index (Phi) is 9.47. The number of imidazole rings is 1. The van der Waals surface area contributed by atoms with Crippen LogP contribution in [0.1, 0.15) is 68.2 Å². The molecule has 1 aliphatic carbocycles. The summed E-state index contributed by atoms with van der Waals surface area (Å²) in [6, 6.07) is 9.13. The van der Waals surface area contributed by atoms with Gasteiger partial charge in [-0.1, -0.05) is 0 Å². The smallest absolute Gasteiger partial charge is 0.235 e. The molecular formula is C41H45F2N11O2. The Balaban J connectivity index is 0.754. The lowest BCUT2D eigenvalue weighted by atomic mass is 9.84. The molecule has 1 atom stereocenters. The lowest BCUT2D eigenvalue weighted by Crippen LogP contribution is -2.47. The molecule has 2 saturated heterocycles. The highest BCUT2D eigenvalue weighted by Gasteiger charge is 2.32. The summed E-state index contributed by atoms with van der Waals surface area (Å²) in [5.41, 5.74) is 5.36. The minimum Gasteiger partial charge on any atom is -0.369 e. The highest BCUT2D eigenvalue weighted by molar-refractivity contribution is 6.02. The molecule has 15 heteroatoms. The molecule has 0 radical (unpaired) electrons. The van der Waals surface area contributed by atoms with E-state index in [-0.39, 0.29) is 17.4 Å². The summed E-state index contributed by atoms with van der Waals surface area (Å²) < 4.78 is 34.3.